The number of hydrogen-bond acceptors (Lipinski definition) is 3. The maximum Gasteiger partial charge on any atom is 0.0865 e. The summed E-state index contributed by atoms with van der Waals surface area (Å²) in [5, 5.41) is 2.97. The molecule has 0 amide bonds. The summed E-state index contributed by atoms with van der Waals surface area (Å²) in [7, 11) is 0. The quantitative estimate of drug-likeness (QED) is 0.831. The van der Waals surface area contributed by atoms with Crippen molar-refractivity contribution in [2.75, 3.05) is 5.73 Å². The minimum Gasteiger partial charge on any atom is -0.391 e. The lowest BCUT2D eigenvalue weighted by atomic mass is 10.2. The van der Waals surface area contributed by atoms with Crippen molar-refractivity contribution in [3.63, 3.8) is 0 Å². The first-order valence-electron chi connectivity index (χ1n) is 3.77. The number of nitrogens with two attached hydrogens (primary N) is 1. The Morgan fingerprint density at radius 2 is 2.15 bits per heavy atom. The zero-order chi connectivity index (χ0) is 9.42. The standard InChI is InChI=1S/C9H8BrNS2/c1-5-7(3-9(11)13-5)8-2-6(10)4-12-8/h2-4H,11H2,1H3. The molecule has 2 aromatic heterocycles. The van der Waals surface area contributed by atoms with Gasteiger partial charge < -0.3 is 5.73 Å². The van der Waals surface area contributed by atoms with Crippen LogP contribution in [0.15, 0.2) is 22.0 Å². The van der Waals surface area contributed by atoms with Crippen LogP contribution in [0, 0.1) is 6.92 Å². The summed E-state index contributed by atoms with van der Waals surface area (Å²) >= 11 is 6.82. The van der Waals surface area contributed by atoms with Crippen molar-refractivity contribution in [2.24, 2.45) is 0 Å². The predicted molar refractivity (Wildman–Crippen MR) is 64.5 cm³/mol. The Balaban J connectivity index is 2.51. The Morgan fingerprint density at radius 1 is 1.38 bits per heavy atom. The van der Waals surface area contributed by atoms with Crippen LogP contribution in [0.25, 0.3) is 10.4 Å². The van der Waals surface area contributed by atoms with Gasteiger partial charge in [0.1, 0.15) is 0 Å². The molecule has 0 saturated heterocycles. The minimum atomic E-state index is 0.886. The number of nitrogen functional groups attached to an aromatic ring is 1. The predicted octanol–water partition coefficient (Wildman–Crippen LogP) is 4.13. The highest BCUT2D eigenvalue weighted by molar-refractivity contribution is 9.10. The van der Waals surface area contributed by atoms with Gasteiger partial charge >= 0.3 is 0 Å². The van der Waals surface area contributed by atoms with Gasteiger partial charge in [-0.1, -0.05) is 0 Å². The van der Waals surface area contributed by atoms with E-state index in [0.29, 0.717) is 0 Å². The highest BCUT2D eigenvalue weighted by atomic mass is 79.9. The maximum atomic E-state index is 5.74. The van der Waals surface area contributed by atoms with Crippen molar-refractivity contribution >= 4 is 43.6 Å². The van der Waals surface area contributed by atoms with E-state index in [1.165, 1.54) is 15.3 Å². The van der Waals surface area contributed by atoms with Crippen molar-refractivity contribution in [1.82, 2.24) is 0 Å². The Morgan fingerprint density at radius 3 is 2.62 bits per heavy atom. The van der Waals surface area contributed by atoms with Crippen LogP contribution < -0.4 is 5.73 Å². The second-order valence-electron chi connectivity index (χ2n) is 2.75. The van der Waals surface area contributed by atoms with Gasteiger partial charge in [-0.05, 0) is 35.0 Å². The Kier molecular flexibility index (Phi) is 2.45. The van der Waals surface area contributed by atoms with Gasteiger partial charge in [-0.2, -0.15) is 0 Å². The summed E-state index contributed by atoms with van der Waals surface area (Å²) < 4.78 is 1.14. The first-order chi connectivity index (χ1) is 6.16. The van der Waals surface area contributed by atoms with Gasteiger partial charge in [0.05, 0.1) is 5.00 Å². The van der Waals surface area contributed by atoms with E-state index in [-0.39, 0.29) is 0 Å². The summed E-state index contributed by atoms with van der Waals surface area (Å²) in [5.74, 6) is 0. The van der Waals surface area contributed by atoms with Crippen molar-refractivity contribution < 1.29 is 0 Å². The zero-order valence-corrected chi connectivity index (χ0v) is 10.2. The van der Waals surface area contributed by atoms with Gasteiger partial charge in [-0.15, -0.1) is 22.7 Å². The first-order valence-corrected chi connectivity index (χ1v) is 6.26. The third-order valence-electron chi connectivity index (χ3n) is 1.77. The third kappa shape index (κ3) is 1.80. The Hall–Kier alpha value is -0.320. The fourth-order valence-electron chi connectivity index (χ4n) is 1.20. The highest BCUT2D eigenvalue weighted by Crippen LogP contribution is 2.37. The number of aryl methyl sites for hydroxylation is 1. The summed E-state index contributed by atoms with van der Waals surface area (Å²) in [5.41, 5.74) is 7.00. The number of halogens is 1. The number of hydrogen-bond donors (Lipinski definition) is 1. The molecule has 0 unspecified atom stereocenters. The van der Waals surface area contributed by atoms with Gasteiger partial charge in [0.25, 0.3) is 0 Å². The highest BCUT2D eigenvalue weighted by Gasteiger charge is 2.07. The van der Waals surface area contributed by atoms with Crippen LogP contribution in [0.2, 0.25) is 0 Å². The van der Waals surface area contributed by atoms with E-state index in [2.05, 4.69) is 34.3 Å². The number of thiophene rings is 2. The van der Waals surface area contributed by atoms with E-state index in [1.54, 1.807) is 22.7 Å². The Labute approximate surface area is 93.3 Å². The molecule has 0 spiro atoms. The average molecular weight is 274 g/mol. The van der Waals surface area contributed by atoms with Crippen LogP contribution >= 0.6 is 38.6 Å². The lowest BCUT2D eigenvalue weighted by molar-refractivity contribution is 1.63. The summed E-state index contributed by atoms with van der Waals surface area (Å²) in [4.78, 5) is 2.56. The monoisotopic (exact) mass is 273 g/mol. The molecule has 0 bridgehead atoms. The van der Waals surface area contributed by atoms with E-state index in [9.17, 15) is 0 Å². The minimum absolute atomic E-state index is 0.886. The average Bonchev–Trinajstić information content (AvgIpc) is 2.58. The van der Waals surface area contributed by atoms with Crippen LogP contribution in [-0.4, -0.2) is 0 Å². The molecule has 0 aromatic carbocycles. The van der Waals surface area contributed by atoms with E-state index in [1.807, 2.05) is 6.07 Å². The first kappa shape index (κ1) is 9.24. The number of rotatable bonds is 1. The third-order valence-corrected chi connectivity index (χ3v) is 4.37. The lowest BCUT2D eigenvalue weighted by Gasteiger charge is -1.91. The molecule has 0 aliphatic carbocycles. The van der Waals surface area contributed by atoms with E-state index in [4.69, 9.17) is 5.73 Å². The van der Waals surface area contributed by atoms with Gasteiger partial charge in [0, 0.05) is 25.2 Å². The fraction of sp³-hybridized carbons (Fsp3) is 0.111. The van der Waals surface area contributed by atoms with Crippen LogP contribution in [0.3, 0.4) is 0 Å². The molecule has 0 saturated carbocycles. The normalized spacial score (nSPS) is 10.6. The molecule has 13 heavy (non-hydrogen) atoms. The molecule has 68 valence electrons. The largest absolute Gasteiger partial charge is 0.391 e. The van der Waals surface area contributed by atoms with Gasteiger partial charge in [0.2, 0.25) is 0 Å². The Bertz CT molecular complexity index is 431. The maximum absolute atomic E-state index is 5.74. The molecule has 1 nitrogen and oxygen atoms in total. The fourth-order valence-corrected chi connectivity index (χ4v) is 3.58. The molecule has 0 atom stereocenters. The molecule has 0 fully saturated rings. The SMILES string of the molecule is Cc1sc(N)cc1-c1cc(Br)cs1. The van der Waals surface area contributed by atoms with Crippen molar-refractivity contribution in [2.45, 2.75) is 6.92 Å². The van der Waals surface area contributed by atoms with E-state index < -0.39 is 0 Å². The molecule has 2 N–H and O–H groups in total. The molecule has 0 radical (unpaired) electrons. The molecule has 2 aromatic rings. The number of anilines is 1. The van der Waals surface area contributed by atoms with E-state index in [0.717, 1.165) is 9.47 Å². The van der Waals surface area contributed by atoms with Crippen molar-refractivity contribution in [1.29, 1.82) is 0 Å². The van der Waals surface area contributed by atoms with Gasteiger partial charge in [-0.3, -0.25) is 0 Å². The molecule has 0 aliphatic rings. The topological polar surface area (TPSA) is 26.0 Å². The summed E-state index contributed by atoms with van der Waals surface area (Å²) in [6.45, 7) is 2.10. The summed E-state index contributed by atoms with van der Waals surface area (Å²) in [6.07, 6.45) is 0. The molecule has 2 heterocycles. The van der Waals surface area contributed by atoms with Crippen LogP contribution in [0.4, 0.5) is 5.00 Å². The van der Waals surface area contributed by atoms with E-state index >= 15 is 0 Å². The van der Waals surface area contributed by atoms with Gasteiger partial charge in [-0.25, -0.2) is 0 Å². The molecular formula is C9H8BrNS2. The van der Waals surface area contributed by atoms with Crippen LogP contribution in [0.1, 0.15) is 4.88 Å². The molecular weight excluding hydrogens is 266 g/mol. The molecule has 4 heteroatoms. The smallest absolute Gasteiger partial charge is 0.0865 e. The molecule has 0 aliphatic heterocycles. The lowest BCUT2D eigenvalue weighted by Crippen LogP contribution is -1.73. The zero-order valence-electron chi connectivity index (χ0n) is 7.00. The van der Waals surface area contributed by atoms with Crippen molar-refractivity contribution in [3.05, 3.63) is 26.9 Å². The second kappa shape index (κ2) is 3.44. The van der Waals surface area contributed by atoms with Gasteiger partial charge in [0.15, 0.2) is 0 Å². The van der Waals surface area contributed by atoms with Crippen LogP contribution in [-0.2, 0) is 0 Å². The van der Waals surface area contributed by atoms with Crippen molar-refractivity contribution in [3.8, 4) is 10.4 Å². The summed E-state index contributed by atoms with van der Waals surface area (Å²) in [6, 6.07) is 4.16. The second-order valence-corrected chi connectivity index (χ2v) is 5.86. The van der Waals surface area contributed by atoms with Crippen LogP contribution in [0.5, 0.6) is 0 Å². The molecule has 2 rings (SSSR count).